The second kappa shape index (κ2) is 7.43. The summed E-state index contributed by atoms with van der Waals surface area (Å²) in [6.07, 6.45) is 2.72. The van der Waals surface area contributed by atoms with Crippen LogP contribution in [0.4, 0.5) is 11.6 Å². The van der Waals surface area contributed by atoms with Crippen LogP contribution in [0.3, 0.4) is 0 Å². The molecular weight excluding hydrogens is 250 g/mol. The van der Waals surface area contributed by atoms with Crippen LogP contribution >= 0.6 is 0 Å². The summed E-state index contributed by atoms with van der Waals surface area (Å²) in [4.78, 5) is 11.4. The monoisotopic (exact) mass is 277 g/mol. The number of hydrogen-bond donors (Lipinski definition) is 2. The quantitative estimate of drug-likeness (QED) is 0.801. The van der Waals surface area contributed by atoms with E-state index in [0.717, 1.165) is 30.5 Å². The molecule has 0 amide bonds. The number of aryl methyl sites for hydroxylation is 1. The molecular formula is C15H27N5. The minimum Gasteiger partial charge on any atom is -0.370 e. The summed E-state index contributed by atoms with van der Waals surface area (Å²) in [5, 5.41) is 6.68. The Morgan fingerprint density at radius 1 is 1.20 bits per heavy atom. The minimum atomic E-state index is 0.631. The summed E-state index contributed by atoms with van der Waals surface area (Å²) in [5.41, 5.74) is 0. The van der Waals surface area contributed by atoms with Crippen molar-refractivity contribution in [2.24, 2.45) is 5.92 Å². The van der Waals surface area contributed by atoms with Gasteiger partial charge in [-0.1, -0.05) is 6.92 Å². The lowest BCUT2D eigenvalue weighted by Crippen LogP contribution is -2.29. The summed E-state index contributed by atoms with van der Waals surface area (Å²) >= 11 is 0. The van der Waals surface area contributed by atoms with Crippen LogP contribution in [0, 0.1) is 12.8 Å². The first-order valence-electron chi connectivity index (χ1n) is 7.73. The molecule has 1 fully saturated rings. The molecule has 0 saturated carbocycles. The molecule has 1 aliphatic rings. The standard InChI is InChI=1S/C15H27N5/c1-4-16-14-9-15(19-13(3)18-14)17-10-12(2)11-20-7-5-6-8-20/h9,12H,4-8,10-11H2,1-3H3,(H2,16,17,18,19). The smallest absolute Gasteiger partial charge is 0.131 e. The van der Waals surface area contributed by atoms with Crippen LogP contribution < -0.4 is 10.6 Å². The summed E-state index contributed by atoms with van der Waals surface area (Å²) < 4.78 is 0. The molecule has 5 heteroatoms. The number of anilines is 2. The van der Waals surface area contributed by atoms with Crippen LogP contribution in [0.5, 0.6) is 0 Å². The van der Waals surface area contributed by atoms with E-state index in [1.165, 1.54) is 32.5 Å². The number of nitrogens with one attached hydrogen (secondary N) is 2. The Kier molecular flexibility index (Phi) is 5.59. The van der Waals surface area contributed by atoms with Crippen LogP contribution in [-0.4, -0.2) is 47.6 Å². The largest absolute Gasteiger partial charge is 0.370 e. The van der Waals surface area contributed by atoms with E-state index in [-0.39, 0.29) is 0 Å². The van der Waals surface area contributed by atoms with Gasteiger partial charge in [0.15, 0.2) is 0 Å². The molecule has 1 aromatic rings. The van der Waals surface area contributed by atoms with Crippen molar-refractivity contribution in [1.82, 2.24) is 14.9 Å². The summed E-state index contributed by atoms with van der Waals surface area (Å²) in [7, 11) is 0. The van der Waals surface area contributed by atoms with Crippen LogP contribution in [0.15, 0.2) is 6.07 Å². The minimum absolute atomic E-state index is 0.631. The first-order chi connectivity index (χ1) is 9.67. The third-order valence-corrected chi connectivity index (χ3v) is 3.60. The van der Waals surface area contributed by atoms with Crippen molar-refractivity contribution in [2.45, 2.75) is 33.6 Å². The Balaban J connectivity index is 1.82. The first kappa shape index (κ1) is 15.0. The van der Waals surface area contributed by atoms with E-state index >= 15 is 0 Å². The van der Waals surface area contributed by atoms with Gasteiger partial charge in [-0.3, -0.25) is 0 Å². The van der Waals surface area contributed by atoms with Gasteiger partial charge in [-0.15, -0.1) is 0 Å². The second-order valence-electron chi connectivity index (χ2n) is 5.71. The predicted octanol–water partition coefficient (Wildman–Crippen LogP) is 2.36. The molecule has 0 aliphatic carbocycles. The van der Waals surface area contributed by atoms with Gasteiger partial charge < -0.3 is 15.5 Å². The maximum absolute atomic E-state index is 4.44. The topological polar surface area (TPSA) is 53.1 Å². The third-order valence-electron chi connectivity index (χ3n) is 3.60. The summed E-state index contributed by atoms with van der Waals surface area (Å²) in [6, 6.07) is 1.99. The molecule has 0 bridgehead atoms. The molecule has 1 atom stereocenters. The molecule has 5 nitrogen and oxygen atoms in total. The molecule has 20 heavy (non-hydrogen) atoms. The molecule has 2 rings (SSSR count). The van der Waals surface area contributed by atoms with Crippen LogP contribution in [0.1, 0.15) is 32.5 Å². The van der Waals surface area contributed by atoms with Crippen molar-refractivity contribution >= 4 is 11.6 Å². The molecule has 1 aromatic heterocycles. The van der Waals surface area contributed by atoms with E-state index in [9.17, 15) is 0 Å². The lowest BCUT2D eigenvalue weighted by Gasteiger charge is -2.20. The maximum Gasteiger partial charge on any atom is 0.131 e. The van der Waals surface area contributed by atoms with Gasteiger partial charge in [0.1, 0.15) is 17.5 Å². The number of rotatable bonds is 7. The van der Waals surface area contributed by atoms with Gasteiger partial charge in [-0.2, -0.15) is 0 Å². The SMILES string of the molecule is CCNc1cc(NCC(C)CN2CCCC2)nc(C)n1. The highest BCUT2D eigenvalue weighted by Crippen LogP contribution is 2.13. The highest BCUT2D eigenvalue weighted by atomic mass is 15.1. The fraction of sp³-hybridized carbons (Fsp3) is 0.733. The third kappa shape index (κ3) is 4.63. The lowest BCUT2D eigenvalue weighted by atomic mass is 10.1. The van der Waals surface area contributed by atoms with E-state index in [0.29, 0.717) is 5.92 Å². The zero-order valence-corrected chi connectivity index (χ0v) is 12.9. The van der Waals surface area contributed by atoms with Crippen molar-refractivity contribution in [3.05, 3.63) is 11.9 Å². The van der Waals surface area contributed by atoms with E-state index in [2.05, 4.69) is 39.3 Å². The van der Waals surface area contributed by atoms with E-state index in [1.807, 2.05) is 13.0 Å². The zero-order valence-electron chi connectivity index (χ0n) is 12.9. The molecule has 2 N–H and O–H groups in total. The van der Waals surface area contributed by atoms with Crippen LogP contribution in [0.25, 0.3) is 0 Å². The molecule has 1 unspecified atom stereocenters. The Labute approximate surface area is 122 Å². The molecule has 0 spiro atoms. The molecule has 1 aliphatic heterocycles. The summed E-state index contributed by atoms with van der Waals surface area (Å²) in [5.74, 6) is 3.25. The van der Waals surface area contributed by atoms with Crippen molar-refractivity contribution < 1.29 is 0 Å². The predicted molar refractivity (Wildman–Crippen MR) is 84.3 cm³/mol. The van der Waals surface area contributed by atoms with E-state index in [1.54, 1.807) is 0 Å². The van der Waals surface area contributed by atoms with Gasteiger partial charge >= 0.3 is 0 Å². The number of hydrogen-bond acceptors (Lipinski definition) is 5. The molecule has 0 aromatic carbocycles. The fourth-order valence-electron chi connectivity index (χ4n) is 2.68. The van der Waals surface area contributed by atoms with Gasteiger partial charge in [-0.05, 0) is 45.7 Å². The second-order valence-corrected chi connectivity index (χ2v) is 5.71. The first-order valence-corrected chi connectivity index (χ1v) is 7.73. The van der Waals surface area contributed by atoms with Gasteiger partial charge in [0.05, 0.1) is 0 Å². The number of nitrogens with zero attached hydrogens (tertiary/aromatic N) is 3. The molecule has 2 heterocycles. The number of aromatic nitrogens is 2. The Morgan fingerprint density at radius 3 is 2.50 bits per heavy atom. The molecule has 1 saturated heterocycles. The Bertz CT molecular complexity index is 415. The van der Waals surface area contributed by atoms with Gasteiger partial charge in [0, 0.05) is 25.7 Å². The van der Waals surface area contributed by atoms with Crippen molar-refractivity contribution in [3.63, 3.8) is 0 Å². The average Bonchev–Trinajstić information content (AvgIpc) is 2.89. The maximum atomic E-state index is 4.44. The molecule has 0 radical (unpaired) electrons. The zero-order chi connectivity index (χ0) is 14.4. The fourth-order valence-corrected chi connectivity index (χ4v) is 2.68. The van der Waals surface area contributed by atoms with Gasteiger partial charge in [-0.25, -0.2) is 9.97 Å². The van der Waals surface area contributed by atoms with E-state index < -0.39 is 0 Å². The van der Waals surface area contributed by atoms with Crippen molar-refractivity contribution in [2.75, 3.05) is 43.4 Å². The van der Waals surface area contributed by atoms with Crippen molar-refractivity contribution in [1.29, 1.82) is 0 Å². The normalized spacial score (nSPS) is 17.1. The van der Waals surface area contributed by atoms with Gasteiger partial charge in [0.25, 0.3) is 0 Å². The van der Waals surface area contributed by atoms with E-state index in [4.69, 9.17) is 0 Å². The van der Waals surface area contributed by atoms with Crippen molar-refractivity contribution in [3.8, 4) is 0 Å². The number of likely N-dealkylation sites (tertiary alicyclic amines) is 1. The van der Waals surface area contributed by atoms with Crippen LogP contribution in [-0.2, 0) is 0 Å². The summed E-state index contributed by atoms with van der Waals surface area (Å²) in [6.45, 7) is 11.8. The molecule has 112 valence electrons. The highest BCUT2D eigenvalue weighted by Gasteiger charge is 2.14. The Morgan fingerprint density at radius 2 is 1.85 bits per heavy atom. The van der Waals surface area contributed by atoms with Gasteiger partial charge in [0.2, 0.25) is 0 Å². The average molecular weight is 277 g/mol. The lowest BCUT2D eigenvalue weighted by molar-refractivity contribution is 0.294. The Hall–Kier alpha value is -1.36. The highest BCUT2D eigenvalue weighted by molar-refractivity contribution is 5.47. The van der Waals surface area contributed by atoms with Crippen LogP contribution in [0.2, 0.25) is 0 Å².